The van der Waals surface area contributed by atoms with Crippen molar-refractivity contribution in [3.63, 3.8) is 0 Å². The van der Waals surface area contributed by atoms with Crippen LogP contribution in [0.2, 0.25) is 0 Å². The highest BCUT2D eigenvalue weighted by atomic mass is 19.1. The molecule has 0 saturated heterocycles. The van der Waals surface area contributed by atoms with Crippen LogP contribution in [0.5, 0.6) is 0 Å². The van der Waals surface area contributed by atoms with Crippen LogP contribution in [0.15, 0.2) is 24.3 Å². The first-order chi connectivity index (χ1) is 6.07. The molecule has 2 rings (SSSR count). The first kappa shape index (κ1) is 8.74. The normalized spacial score (nSPS) is 21.2. The van der Waals surface area contributed by atoms with Gasteiger partial charge in [-0.1, -0.05) is 26.0 Å². The number of hydrogen-bond acceptors (Lipinski definition) is 0. The maximum Gasteiger partial charge on any atom is 0.123 e. The molecule has 1 heteroatoms. The zero-order valence-corrected chi connectivity index (χ0v) is 8.18. The predicted molar refractivity (Wildman–Crippen MR) is 52.2 cm³/mol. The topological polar surface area (TPSA) is 0 Å². The molecule has 70 valence electrons. The van der Waals surface area contributed by atoms with Gasteiger partial charge in [-0.25, -0.2) is 4.39 Å². The van der Waals surface area contributed by atoms with Crippen LogP contribution < -0.4 is 0 Å². The zero-order chi connectivity index (χ0) is 9.47. The quantitative estimate of drug-likeness (QED) is 0.614. The van der Waals surface area contributed by atoms with E-state index >= 15 is 0 Å². The van der Waals surface area contributed by atoms with E-state index in [0.717, 1.165) is 0 Å². The molecular formula is C12H15F. The van der Waals surface area contributed by atoms with E-state index in [-0.39, 0.29) is 5.82 Å². The summed E-state index contributed by atoms with van der Waals surface area (Å²) in [4.78, 5) is 0. The molecule has 0 heterocycles. The van der Waals surface area contributed by atoms with Crippen molar-refractivity contribution in [1.29, 1.82) is 0 Å². The van der Waals surface area contributed by atoms with Gasteiger partial charge in [0.15, 0.2) is 0 Å². The van der Waals surface area contributed by atoms with Crippen LogP contribution in [0.4, 0.5) is 4.39 Å². The van der Waals surface area contributed by atoms with E-state index in [1.165, 1.54) is 18.4 Å². The molecule has 1 aromatic rings. The minimum absolute atomic E-state index is 0.137. The first-order valence-corrected chi connectivity index (χ1v) is 4.82. The molecule has 1 fully saturated rings. The van der Waals surface area contributed by atoms with Gasteiger partial charge in [-0.15, -0.1) is 0 Å². The Morgan fingerprint density at radius 3 is 2.15 bits per heavy atom. The lowest BCUT2D eigenvalue weighted by atomic mass is 9.62. The van der Waals surface area contributed by atoms with Crippen molar-refractivity contribution in [3.05, 3.63) is 35.6 Å². The second-order valence-electron chi connectivity index (χ2n) is 4.82. The Kier molecular flexibility index (Phi) is 1.90. The third kappa shape index (κ3) is 1.74. The second-order valence-corrected chi connectivity index (χ2v) is 4.82. The molecule has 1 aromatic carbocycles. The Morgan fingerprint density at radius 1 is 1.15 bits per heavy atom. The van der Waals surface area contributed by atoms with Crippen LogP contribution in [0.3, 0.4) is 0 Å². The Balaban J connectivity index is 2.08. The van der Waals surface area contributed by atoms with E-state index in [4.69, 9.17) is 0 Å². The molecule has 1 saturated carbocycles. The Labute approximate surface area is 78.8 Å². The monoisotopic (exact) mass is 178 g/mol. The largest absolute Gasteiger partial charge is 0.207 e. The van der Waals surface area contributed by atoms with Crippen molar-refractivity contribution in [2.24, 2.45) is 5.41 Å². The summed E-state index contributed by atoms with van der Waals surface area (Å²) in [6, 6.07) is 6.94. The van der Waals surface area contributed by atoms with Crippen molar-refractivity contribution in [2.45, 2.75) is 32.6 Å². The van der Waals surface area contributed by atoms with E-state index in [1.807, 2.05) is 12.1 Å². The first-order valence-electron chi connectivity index (χ1n) is 4.82. The van der Waals surface area contributed by atoms with Gasteiger partial charge in [0.25, 0.3) is 0 Å². The summed E-state index contributed by atoms with van der Waals surface area (Å²) < 4.78 is 12.6. The van der Waals surface area contributed by atoms with E-state index in [0.29, 0.717) is 11.3 Å². The Bertz CT molecular complexity index is 289. The molecular weight excluding hydrogens is 163 g/mol. The number of hydrogen-bond donors (Lipinski definition) is 0. The summed E-state index contributed by atoms with van der Waals surface area (Å²) in [6.45, 7) is 4.57. The molecule has 0 amide bonds. The molecule has 1 aliphatic carbocycles. The van der Waals surface area contributed by atoms with Crippen LogP contribution in [0, 0.1) is 11.2 Å². The molecule has 0 radical (unpaired) electrons. The minimum atomic E-state index is -0.137. The lowest BCUT2D eigenvalue weighted by molar-refractivity contribution is 0.151. The molecule has 0 spiro atoms. The van der Waals surface area contributed by atoms with Crippen LogP contribution in [0.25, 0.3) is 0 Å². The molecule has 0 bridgehead atoms. The van der Waals surface area contributed by atoms with Crippen LogP contribution in [0.1, 0.15) is 38.2 Å². The molecule has 13 heavy (non-hydrogen) atoms. The molecule has 0 aromatic heterocycles. The second kappa shape index (κ2) is 2.83. The molecule has 0 unspecified atom stereocenters. The van der Waals surface area contributed by atoms with Gasteiger partial charge in [0.05, 0.1) is 0 Å². The maximum absolute atomic E-state index is 12.6. The maximum atomic E-state index is 12.6. The lowest BCUT2D eigenvalue weighted by Crippen LogP contribution is -2.29. The summed E-state index contributed by atoms with van der Waals surface area (Å²) in [5.74, 6) is 0.526. The van der Waals surface area contributed by atoms with Crippen LogP contribution >= 0.6 is 0 Å². The number of halogens is 1. The number of benzene rings is 1. The Morgan fingerprint density at radius 2 is 1.69 bits per heavy atom. The van der Waals surface area contributed by atoms with Gasteiger partial charge in [-0.3, -0.25) is 0 Å². The summed E-state index contributed by atoms with van der Waals surface area (Å²) in [6.07, 6.45) is 2.47. The van der Waals surface area contributed by atoms with E-state index in [2.05, 4.69) is 13.8 Å². The molecule has 0 nitrogen and oxygen atoms in total. The van der Waals surface area contributed by atoms with Gasteiger partial charge < -0.3 is 0 Å². The van der Waals surface area contributed by atoms with Crippen LogP contribution in [-0.4, -0.2) is 0 Å². The smallest absolute Gasteiger partial charge is 0.123 e. The van der Waals surface area contributed by atoms with Crippen molar-refractivity contribution in [1.82, 2.24) is 0 Å². The predicted octanol–water partition coefficient (Wildman–Crippen LogP) is 3.73. The third-order valence-electron chi connectivity index (χ3n) is 2.94. The summed E-state index contributed by atoms with van der Waals surface area (Å²) in [7, 11) is 0. The van der Waals surface area contributed by atoms with Gasteiger partial charge in [0, 0.05) is 0 Å². The average molecular weight is 178 g/mol. The zero-order valence-electron chi connectivity index (χ0n) is 8.18. The van der Waals surface area contributed by atoms with Gasteiger partial charge in [-0.2, -0.15) is 0 Å². The van der Waals surface area contributed by atoms with Gasteiger partial charge in [0.2, 0.25) is 0 Å². The van der Waals surface area contributed by atoms with E-state index < -0.39 is 0 Å². The van der Waals surface area contributed by atoms with Gasteiger partial charge in [-0.05, 0) is 41.9 Å². The standard InChI is InChI=1S/C12H15F/c1-12(2)7-10(8-12)9-3-5-11(13)6-4-9/h3-6,10H,7-8H2,1-2H3. The average Bonchev–Trinajstić information content (AvgIpc) is 2.01. The fourth-order valence-corrected chi connectivity index (χ4v) is 2.24. The highest BCUT2D eigenvalue weighted by Crippen LogP contribution is 2.50. The van der Waals surface area contributed by atoms with Gasteiger partial charge in [0.1, 0.15) is 5.82 Å². The summed E-state index contributed by atoms with van der Waals surface area (Å²) in [5.41, 5.74) is 1.79. The summed E-state index contributed by atoms with van der Waals surface area (Å²) in [5, 5.41) is 0. The fraction of sp³-hybridized carbons (Fsp3) is 0.500. The van der Waals surface area contributed by atoms with Crippen molar-refractivity contribution in [3.8, 4) is 0 Å². The van der Waals surface area contributed by atoms with E-state index in [1.54, 1.807) is 12.1 Å². The highest BCUT2D eigenvalue weighted by Gasteiger charge is 2.36. The highest BCUT2D eigenvalue weighted by molar-refractivity contribution is 5.23. The molecule has 0 atom stereocenters. The molecule has 0 aliphatic heterocycles. The van der Waals surface area contributed by atoms with Crippen molar-refractivity contribution in [2.75, 3.05) is 0 Å². The van der Waals surface area contributed by atoms with Crippen molar-refractivity contribution >= 4 is 0 Å². The van der Waals surface area contributed by atoms with Crippen molar-refractivity contribution < 1.29 is 4.39 Å². The Hall–Kier alpha value is -0.850. The fourth-order valence-electron chi connectivity index (χ4n) is 2.24. The van der Waals surface area contributed by atoms with Gasteiger partial charge >= 0.3 is 0 Å². The third-order valence-corrected chi connectivity index (χ3v) is 2.94. The SMILES string of the molecule is CC1(C)CC(c2ccc(F)cc2)C1. The summed E-state index contributed by atoms with van der Waals surface area (Å²) >= 11 is 0. The van der Waals surface area contributed by atoms with E-state index in [9.17, 15) is 4.39 Å². The molecule has 1 aliphatic rings. The molecule has 0 N–H and O–H groups in total. The van der Waals surface area contributed by atoms with Crippen LogP contribution in [-0.2, 0) is 0 Å². The minimum Gasteiger partial charge on any atom is -0.207 e. The number of rotatable bonds is 1. The lowest BCUT2D eigenvalue weighted by Gasteiger charge is -2.43.